The van der Waals surface area contributed by atoms with E-state index in [9.17, 15) is 17.6 Å². The highest BCUT2D eigenvalue weighted by Gasteiger charge is 2.31. The zero-order valence-electron chi connectivity index (χ0n) is 8.06. The zero-order valence-corrected chi connectivity index (χ0v) is 8.82. The quantitative estimate of drug-likeness (QED) is 0.823. The summed E-state index contributed by atoms with van der Waals surface area (Å²) in [6.07, 6.45) is -7.84. The van der Waals surface area contributed by atoms with E-state index >= 15 is 0 Å². The van der Waals surface area contributed by atoms with Gasteiger partial charge in [-0.15, -0.1) is 0 Å². The van der Waals surface area contributed by atoms with Gasteiger partial charge in [-0.2, -0.15) is 13.2 Å². The lowest BCUT2D eigenvalue weighted by Gasteiger charge is -2.13. The summed E-state index contributed by atoms with van der Waals surface area (Å²) in [7, 11) is 0. The lowest BCUT2D eigenvalue weighted by Crippen LogP contribution is -2.21. The van der Waals surface area contributed by atoms with Gasteiger partial charge in [0.05, 0.1) is 12.5 Å². The minimum atomic E-state index is -4.46. The third-order valence-electron chi connectivity index (χ3n) is 1.94. The normalized spacial score (nSPS) is 13.9. The van der Waals surface area contributed by atoms with Gasteiger partial charge < -0.3 is 5.11 Å². The number of aliphatic hydroxyl groups excluding tert-OH is 1. The topological polar surface area (TPSA) is 20.2 Å². The van der Waals surface area contributed by atoms with E-state index in [1.165, 1.54) is 12.1 Å². The van der Waals surface area contributed by atoms with Crippen molar-refractivity contribution in [2.45, 2.75) is 25.1 Å². The average Bonchev–Trinajstić information content (AvgIpc) is 2.06. The van der Waals surface area contributed by atoms with Crippen molar-refractivity contribution >= 4 is 11.6 Å². The highest BCUT2D eigenvalue weighted by molar-refractivity contribution is 6.30. The summed E-state index contributed by atoms with van der Waals surface area (Å²) in [6, 6.07) is 3.62. The number of benzene rings is 1. The summed E-state index contributed by atoms with van der Waals surface area (Å²) in [5, 5.41) is 9.27. The minimum absolute atomic E-state index is 0.0150. The van der Waals surface area contributed by atoms with E-state index in [1.807, 2.05) is 0 Å². The van der Waals surface area contributed by atoms with Crippen molar-refractivity contribution in [1.82, 2.24) is 0 Å². The van der Waals surface area contributed by atoms with Crippen molar-refractivity contribution in [3.63, 3.8) is 0 Å². The fourth-order valence-corrected chi connectivity index (χ4v) is 1.44. The van der Waals surface area contributed by atoms with Crippen molar-refractivity contribution in [3.05, 3.63) is 34.6 Å². The Bertz CT molecular complexity index is 364. The molecule has 1 nitrogen and oxygen atoms in total. The molecule has 0 saturated heterocycles. The Balaban J connectivity index is 2.66. The number of hydrogen-bond donors (Lipinski definition) is 1. The van der Waals surface area contributed by atoms with E-state index in [1.54, 1.807) is 0 Å². The minimum Gasteiger partial charge on any atom is -0.392 e. The predicted molar refractivity (Wildman–Crippen MR) is 51.8 cm³/mol. The number of aliphatic hydroxyl groups is 1. The van der Waals surface area contributed by atoms with Gasteiger partial charge in [0.15, 0.2) is 0 Å². The monoisotopic (exact) mass is 256 g/mol. The summed E-state index contributed by atoms with van der Waals surface area (Å²) in [5.41, 5.74) is 0.0150. The molecule has 90 valence electrons. The lowest BCUT2D eigenvalue weighted by molar-refractivity contribution is -0.153. The van der Waals surface area contributed by atoms with Crippen LogP contribution in [0.25, 0.3) is 0 Å². The van der Waals surface area contributed by atoms with Crippen molar-refractivity contribution in [2.75, 3.05) is 0 Å². The largest absolute Gasteiger partial charge is 0.392 e. The Hall–Kier alpha value is -0.810. The number of halogens is 5. The second kappa shape index (κ2) is 5.01. The van der Waals surface area contributed by atoms with Crippen LogP contribution in [0.1, 0.15) is 12.0 Å². The lowest BCUT2D eigenvalue weighted by atomic mass is 10.1. The Morgan fingerprint density at radius 1 is 1.31 bits per heavy atom. The fourth-order valence-electron chi connectivity index (χ4n) is 1.28. The van der Waals surface area contributed by atoms with Gasteiger partial charge in [0.2, 0.25) is 0 Å². The molecule has 1 aromatic rings. The molecule has 0 spiro atoms. The van der Waals surface area contributed by atoms with Gasteiger partial charge in [-0.1, -0.05) is 17.7 Å². The summed E-state index contributed by atoms with van der Waals surface area (Å²) in [6.45, 7) is 0. The van der Waals surface area contributed by atoms with Crippen LogP contribution in [0.4, 0.5) is 17.6 Å². The highest BCUT2D eigenvalue weighted by atomic mass is 35.5. The van der Waals surface area contributed by atoms with Crippen LogP contribution in [0.5, 0.6) is 0 Å². The van der Waals surface area contributed by atoms with Crippen molar-refractivity contribution < 1.29 is 22.7 Å². The molecule has 0 saturated carbocycles. The standard InChI is InChI=1S/C10H9ClF4O/c11-7-2-1-6(9(12)4-7)3-8(16)5-10(13,14)15/h1-2,4,8,16H,3,5H2. The smallest absolute Gasteiger partial charge is 0.391 e. The van der Waals surface area contributed by atoms with Gasteiger partial charge in [-0.3, -0.25) is 0 Å². The van der Waals surface area contributed by atoms with E-state index < -0.39 is 24.5 Å². The van der Waals surface area contributed by atoms with Crippen LogP contribution >= 0.6 is 11.6 Å². The fraction of sp³-hybridized carbons (Fsp3) is 0.400. The molecule has 0 fully saturated rings. The maximum absolute atomic E-state index is 13.2. The summed E-state index contributed by atoms with van der Waals surface area (Å²) < 4.78 is 48.9. The Morgan fingerprint density at radius 3 is 2.44 bits per heavy atom. The van der Waals surface area contributed by atoms with Crippen molar-refractivity contribution in [3.8, 4) is 0 Å². The molecule has 1 unspecified atom stereocenters. The van der Waals surface area contributed by atoms with Crippen LogP contribution in [0.2, 0.25) is 5.02 Å². The molecule has 1 rings (SSSR count). The molecule has 0 aliphatic rings. The second-order valence-corrected chi connectivity index (χ2v) is 3.85. The Morgan fingerprint density at radius 2 is 1.94 bits per heavy atom. The first kappa shape index (κ1) is 13.3. The molecule has 16 heavy (non-hydrogen) atoms. The molecule has 0 bridgehead atoms. The van der Waals surface area contributed by atoms with E-state index in [0.29, 0.717) is 0 Å². The van der Waals surface area contributed by atoms with E-state index in [-0.39, 0.29) is 17.0 Å². The van der Waals surface area contributed by atoms with Gasteiger partial charge in [-0.25, -0.2) is 4.39 Å². The molecule has 6 heteroatoms. The van der Waals surface area contributed by atoms with Gasteiger partial charge in [-0.05, 0) is 17.7 Å². The second-order valence-electron chi connectivity index (χ2n) is 3.41. The van der Waals surface area contributed by atoms with Crippen molar-refractivity contribution in [2.24, 2.45) is 0 Å². The Labute approximate surface area is 94.7 Å². The third-order valence-corrected chi connectivity index (χ3v) is 2.17. The zero-order chi connectivity index (χ0) is 12.3. The maximum atomic E-state index is 13.2. The number of alkyl halides is 3. The molecule has 1 aromatic carbocycles. The Kier molecular flexibility index (Phi) is 4.15. The van der Waals surface area contributed by atoms with Crippen LogP contribution in [-0.4, -0.2) is 17.4 Å². The summed E-state index contributed by atoms with van der Waals surface area (Å²) in [5.74, 6) is -0.714. The third kappa shape index (κ3) is 4.37. The molecule has 0 aliphatic carbocycles. The van der Waals surface area contributed by atoms with Crippen LogP contribution in [0.3, 0.4) is 0 Å². The molecular weight excluding hydrogens is 248 g/mol. The summed E-state index contributed by atoms with van der Waals surface area (Å²) in [4.78, 5) is 0. The van der Waals surface area contributed by atoms with Gasteiger partial charge in [0, 0.05) is 11.4 Å². The first-order valence-electron chi connectivity index (χ1n) is 4.46. The van der Waals surface area contributed by atoms with Crippen LogP contribution < -0.4 is 0 Å². The highest BCUT2D eigenvalue weighted by Crippen LogP contribution is 2.24. The molecular formula is C10H9ClF4O. The molecule has 0 aliphatic heterocycles. The molecule has 0 aromatic heterocycles. The van der Waals surface area contributed by atoms with Gasteiger partial charge in [0.25, 0.3) is 0 Å². The predicted octanol–water partition coefficient (Wildman–Crippen LogP) is 3.33. The van der Waals surface area contributed by atoms with Crippen LogP contribution in [0.15, 0.2) is 18.2 Å². The number of hydrogen-bond acceptors (Lipinski definition) is 1. The first-order valence-corrected chi connectivity index (χ1v) is 4.84. The maximum Gasteiger partial charge on any atom is 0.391 e. The van der Waals surface area contributed by atoms with E-state index in [4.69, 9.17) is 16.7 Å². The number of rotatable bonds is 3. The van der Waals surface area contributed by atoms with Gasteiger partial charge in [0.1, 0.15) is 5.82 Å². The molecule has 0 heterocycles. The van der Waals surface area contributed by atoms with E-state index in [2.05, 4.69) is 0 Å². The van der Waals surface area contributed by atoms with Crippen molar-refractivity contribution in [1.29, 1.82) is 0 Å². The molecule has 0 radical (unpaired) electrons. The first-order chi connectivity index (χ1) is 7.28. The molecule has 1 atom stereocenters. The van der Waals surface area contributed by atoms with E-state index in [0.717, 1.165) is 6.07 Å². The molecule has 0 amide bonds. The average molecular weight is 257 g/mol. The summed E-state index contributed by atoms with van der Waals surface area (Å²) >= 11 is 5.48. The van der Waals surface area contributed by atoms with Crippen LogP contribution in [-0.2, 0) is 6.42 Å². The molecule has 1 N–H and O–H groups in total. The SMILES string of the molecule is OC(Cc1ccc(Cl)cc1F)CC(F)(F)F. The van der Waals surface area contributed by atoms with Gasteiger partial charge >= 0.3 is 6.18 Å². The van der Waals surface area contributed by atoms with Crippen LogP contribution in [0, 0.1) is 5.82 Å².